The fraction of sp³-hybridized carbons (Fsp3) is 0.190. The van der Waals surface area contributed by atoms with Gasteiger partial charge in [-0.2, -0.15) is 0 Å². The molecule has 1 saturated heterocycles. The maximum absolute atomic E-state index is 13.0. The number of halogens is 2. The maximum Gasteiger partial charge on any atom is 0.291 e. The smallest absolute Gasteiger partial charge is 0.291 e. The number of hydrogen-bond donors (Lipinski definition) is 2. The fourth-order valence-corrected chi connectivity index (χ4v) is 4.88. The van der Waals surface area contributed by atoms with E-state index in [1.165, 1.54) is 36.6 Å². The maximum atomic E-state index is 13.0. The van der Waals surface area contributed by atoms with E-state index in [-0.39, 0.29) is 21.4 Å². The van der Waals surface area contributed by atoms with E-state index >= 15 is 0 Å². The van der Waals surface area contributed by atoms with Crippen molar-refractivity contribution >= 4 is 56.2 Å². The van der Waals surface area contributed by atoms with Gasteiger partial charge in [0.1, 0.15) is 0 Å². The number of rotatable bonds is 6. The van der Waals surface area contributed by atoms with Crippen LogP contribution in [0.2, 0.25) is 10.0 Å². The summed E-state index contributed by atoms with van der Waals surface area (Å²) in [6.07, 6.45) is 3.46. The van der Waals surface area contributed by atoms with Gasteiger partial charge in [-0.05, 0) is 61.4 Å². The minimum Gasteiger partial charge on any atom is -0.459 e. The number of amides is 1. The van der Waals surface area contributed by atoms with Crippen LogP contribution in [0.15, 0.2) is 64.1 Å². The molecule has 0 radical (unpaired) electrons. The molecule has 1 aromatic heterocycles. The minimum atomic E-state index is -3.99. The summed E-state index contributed by atoms with van der Waals surface area (Å²) in [5.41, 5.74) is 1.29. The zero-order valence-corrected chi connectivity index (χ0v) is 18.6. The number of anilines is 3. The molecule has 2 N–H and O–H groups in total. The number of carbonyl (C=O) groups is 1. The molecule has 31 heavy (non-hydrogen) atoms. The molecular weight excluding hydrogens is 461 g/mol. The van der Waals surface area contributed by atoms with Crippen molar-refractivity contribution < 1.29 is 17.6 Å². The number of nitrogens with one attached hydrogen (secondary N) is 2. The molecule has 0 bridgehead atoms. The van der Waals surface area contributed by atoms with Crippen molar-refractivity contribution in [3.8, 4) is 0 Å². The lowest BCUT2D eigenvalue weighted by atomic mass is 10.2. The highest BCUT2D eigenvalue weighted by atomic mass is 35.5. The predicted molar refractivity (Wildman–Crippen MR) is 122 cm³/mol. The molecular formula is C21H19Cl2N3O4S. The van der Waals surface area contributed by atoms with Crippen LogP contribution in [0.4, 0.5) is 17.1 Å². The van der Waals surface area contributed by atoms with Crippen LogP contribution in [0.1, 0.15) is 23.4 Å². The van der Waals surface area contributed by atoms with Crippen molar-refractivity contribution in [1.82, 2.24) is 0 Å². The SMILES string of the molecule is O=C(Nc1cc(S(=O)(=O)Nc2cc(Cl)ccc2Cl)ccc1N1CCCC1)c1ccco1. The van der Waals surface area contributed by atoms with Gasteiger partial charge < -0.3 is 14.6 Å². The Morgan fingerprint density at radius 2 is 1.77 bits per heavy atom. The van der Waals surface area contributed by atoms with Gasteiger partial charge in [-0.1, -0.05) is 23.2 Å². The average molecular weight is 480 g/mol. The second kappa shape index (κ2) is 8.82. The molecule has 4 rings (SSSR count). The molecule has 1 aliphatic heterocycles. The molecule has 1 aliphatic rings. The van der Waals surface area contributed by atoms with E-state index in [1.54, 1.807) is 18.2 Å². The first kappa shape index (κ1) is 21.5. The van der Waals surface area contributed by atoms with Crippen LogP contribution in [-0.4, -0.2) is 27.4 Å². The summed E-state index contributed by atoms with van der Waals surface area (Å²) in [4.78, 5) is 14.6. The first-order valence-corrected chi connectivity index (χ1v) is 11.8. The van der Waals surface area contributed by atoms with Crippen molar-refractivity contribution in [2.45, 2.75) is 17.7 Å². The third kappa shape index (κ3) is 4.81. The molecule has 2 aromatic carbocycles. The second-order valence-electron chi connectivity index (χ2n) is 7.03. The third-order valence-electron chi connectivity index (χ3n) is 4.89. The molecule has 162 valence electrons. The van der Waals surface area contributed by atoms with Gasteiger partial charge in [-0.15, -0.1) is 0 Å². The van der Waals surface area contributed by atoms with Gasteiger partial charge >= 0.3 is 0 Å². The van der Waals surface area contributed by atoms with E-state index < -0.39 is 15.9 Å². The zero-order valence-electron chi connectivity index (χ0n) is 16.3. The van der Waals surface area contributed by atoms with Gasteiger partial charge in [-0.3, -0.25) is 9.52 Å². The largest absolute Gasteiger partial charge is 0.459 e. The minimum absolute atomic E-state index is 0.0266. The highest BCUT2D eigenvalue weighted by Crippen LogP contribution is 2.33. The van der Waals surface area contributed by atoms with E-state index in [0.29, 0.717) is 10.7 Å². The lowest BCUT2D eigenvalue weighted by molar-refractivity contribution is 0.0996. The molecule has 0 spiro atoms. The summed E-state index contributed by atoms with van der Waals surface area (Å²) in [6, 6.07) is 12.3. The lowest BCUT2D eigenvalue weighted by Crippen LogP contribution is -2.22. The first-order valence-electron chi connectivity index (χ1n) is 9.55. The third-order valence-corrected chi connectivity index (χ3v) is 6.82. The van der Waals surface area contributed by atoms with E-state index in [9.17, 15) is 13.2 Å². The van der Waals surface area contributed by atoms with Gasteiger partial charge in [0.25, 0.3) is 15.9 Å². The van der Waals surface area contributed by atoms with Crippen LogP contribution < -0.4 is 14.9 Å². The normalized spacial score (nSPS) is 13.9. The number of furan rings is 1. The van der Waals surface area contributed by atoms with E-state index in [4.69, 9.17) is 27.6 Å². The van der Waals surface area contributed by atoms with Crippen molar-refractivity contribution in [2.24, 2.45) is 0 Å². The quantitative estimate of drug-likeness (QED) is 0.504. The summed E-state index contributed by atoms with van der Waals surface area (Å²) in [5, 5.41) is 3.33. The van der Waals surface area contributed by atoms with Crippen LogP contribution >= 0.6 is 23.2 Å². The Morgan fingerprint density at radius 3 is 2.48 bits per heavy atom. The molecule has 7 nitrogen and oxygen atoms in total. The predicted octanol–water partition coefficient (Wildman–Crippen LogP) is 5.24. The molecule has 0 atom stereocenters. The van der Waals surface area contributed by atoms with Gasteiger partial charge in [0, 0.05) is 18.1 Å². The summed E-state index contributed by atoms with van der Waals surface area (Å²) in [6.45, 7) is 1.65. The summed E-state index contributed by atoms with van der Waals surface area (Å²) in [5.74, 6) is -0.338. The van der Waals surface area contributed by atoms with Crippen LogP contribution in [-0.2, 0) is 10.0 Å². The Hall–Kier alpha value is -2.68. The Balaban J connectivity index is 1.69. The van der Waals surface area contributed by atoms with E-state index in [0.717, 1.165) is 31.6 Å². The molecule has 0 aliphatic carbocycles. The molecule has 1 fully saturated rings. The van der Waals surface area contributed by atoms with Crippen LogP contribution in [0.5, 0.6) is 0 Å². The molecule has 3 aromatic rings. The Bertz CT molecular complexity index is 1210. The highest BCUT2D eigenvalue weighted by molar-refractivity contribution is 7.92. The van der Waals surface area contributed by atoms with E-state index in [1.807, 2.05) is 0 Å². The van der Waals surface area contributed by atoms with E-state index in [2.05, 4.69) is 14.9 Å². The van der Waals surface area contributed by atoms with Crippen molar-refractivity contribution in [3.05, 3.63) is 70.6 Å². The number of hydrogen-bond acceptors (Lipinski definition) is 5. The van der Waals surface area contributed by atoms with Gasteiger partial charge in [0.15, 0.2) is 5.76 Å². The lowest BCUT2D eigenvalue weighted by Gasteiger charge is -2.22. The van der Waals surface area contributed by atoms with Crippen LogP contribution in [0.3, 0.4) is 0 Å². The number of nitrogens with zero attached hydrogens (tertiary/aromatic N) is 1. The van der Waals surface area contributed by atoms with Gasteiger partial charge in [0.2, 0.25) is 0 Å². The van der Waals surface area contributed by atoms with Crippen molar-refractivity contribution in [1.29, 1.82) is 0 Å². The first-order chi connectivity index (χ1) is 14.8. The fourth-order valence-electron chi connectivity index (χ4n) is 3.39. The number of sulfonamides is 1. The van der Waals surface area contributed by atoms with Gasteiger partial charge in [-0.25, -0.2) is 8.42 Å². The number of carbonyl (C=O) groups excluding carboxylic acids is 1. The molecule has 2 heterocycles. The molecule has 0 saturated carbocycles. The average Bonchev–Trinajstić information content (AvgIpc) is 3.44. The van der Waals surface area contributed by atoms with Crippen molar-refractivity contribution in [2.75, 3.05) is 28.0 Å². The van der Waals surface area contributed by atoms with Crippen LogP contribution in [0, 0.1) is 0 Å². The highest BCUT2D eigenvalue weighted by Gasteiger charge is 2.23. The summed E-state index contributed by atoms with van der Waals surface area (Å²) < 4.78 is 33.6. The summed E-state index contributed by atoms with van der Waals surface area (Å²) >= 11 is 12.1. The Labute approximate surface area is 190 Å². The molecule has 10 heteroatoms. The summed E-state index contributed by atoms with van der Waals surface area (Å²) in [7, 11) is -3.99. The van der Waals surface area contributed by atoms with Crippen LogP contribution in [0.25, 0.3) is 0 Å². The second-order valence-corrected chi connectivity index (χ2v) is 9.56. The Morgan fingerprint density at radius 1 is 1.00 bits per heavy atom. The Kier molecular flexibility index (Phi) is 6.13. The zero-order chi connectivity index (χ0) is 22.0. The van der Waals surface area contributed by atoms with Crippen molar-refractivity contribution in [3.63, 3.8) is 0 Å². The molecule has 1 amide bonds. The standard InChI is InChI=1S/C21H19Cl2N3O4S/c22-14-5-7-16(23)17(12-14)25-31(28,29)15-6-8-19(26-9-1-2-10-26)18(13-15)24-21(27)20-4-3-11-30-20/h3-8,11-13,25H,1-2,9-10H2,(H,24,27). The monoisotopic (exact) mass is 479 g/mol. The number of benzene rings is 2. The van der Waals surface area contributed by atoms with Gasteiger partial charge in [0.05, 0.1) is 33.2 Å². The molecule has 0 unspecified atom stereocenters. The topological polar surface area (TPSA) is 91.6 Å².